The molecule has 6 aliphatic rings. The van der Waals surface area contributed by atoms with Gasteiger partial charge in [-0.2, -0.15) is 0 Å². The minimum Gasteiger partial charge on any atom is -0.489 e. The van der Waals surface area contributed by atoms with Gasteiger partial charge in [-0.1, -0.05) is 51.3 Å². The van der Waals surface area contributed by atoms with E-state index in [2.05, 4.69) is 54.6 Å². The Labute approximate surface area is 352 Å². The molecule has 1 atom stereocenters. The predicted octanol–water partition coefficient (Wildman–Crippen LogP) is 5.62. The Morgan fingerprint density at radius 2 is 1.62 bits per heavy atom. The van der Waals surface area contributed by atoms with E-state index >= 15 is 4.39 Å². The molecule has 5 amide bonds. The molecule has 0 radical (unpaired) electrons. The van der Waals surface area contributed by atoms with Gasteiger partial charge >= 0.3 is 0 Å². The number of amides is 5. The fourth-order valence-electron chi connectivity index (χ4n) is 10.8. The van der Waals surface area contributed by atoms with Gasteiger partial charge in [-0.15, -0.1) is 0 Å². The first-order valence-corrected chi connectivity index (χ1v) is 20.6. The van der Waals surface area contributed by atoms with Crippen molar-refractivity contribution in [2.45, 2.75) is 84.2 Å². The summed E-state index contributed by atoms with van der Waals surface area (Å²) in [4.78, 5) is 79.6. The number of hydrogen-bond acceptors (Lipinski definition) is 9. The van der Waals surface area contributed by atoms with Gasteiger partial charge in [0.05, 0.1) is 46.2 Å². The summed E-state index contributed by atoms with van der Waals surface area (Å²) < 4.78 is 21.9. The highest BCUT2D eigenvalue weighted by Crippen LogP contribution is 2.59. The molecule has 2 aromatic carbocycles. The van der Waals surface area contributed by atoms with Crippen LogP contribution >= 0.6 is 11.6 Å². The second-order valence-corrected chi connectivity index (χ2v) is 18.2. The first kappa shape index (κ1) is 39.6. The second-order valence-electron chi connectivity index (χ2n) is 17.8. The van der Waals surface area contributed by atoms with Crippen molar-refractivity contribution in [3.63, 3.8) is 0 Å². The van der Waals surface area contributed by atoms with Crippen LogP contribution in [0.25, 0.3) is 4.85 Å². The van der Waals surface area contributed by atoms with Crippen LogP contribution in [0.2, 0.25) is 5.02 Å². The molecule has 1 aromatic heterocycles. The summed E-state index contributed by atoms with van der Waals surface area (Å²) in [5.74, 6) is 4.18. The van der Waals surface area contributed by atoms with Gasteiger partial charge in [0.25, 0.3) is 17.7 Å². The Kier molecular flexibility index (Phi) is 9.52. The summed E-state index contributed by atoms with van der Waals surface area (Å²) in [5.41, 5.74) is 1.77. The van der Waals surface area contributed by atoms with Crippen LogP contribution in [0, 0.1) is 41.0 Å². The maximum atomic E-state index is 15.5. The lowest BCUT2D eigenvalue weighted by Gasteiger charge is -2.65. The van der Waals surface area contributed by atoms with Gasteiger partial charge < -0.3 is 14.5 Å². The zero-order valence-electron chi connectivity index (χ0n) is 33.7. The average Bonchev–Trinajstić information content (AvgIpc) is 3.62. The Balaban J connectivity index is 0.785. The van der Waals surface area contributed by atoms with Crippen LogP contribution in [0.1, 0.15) is 95.8 Å². The average molecular weight is 832 g/mol. The number of anilines is 1. The van der Waals surface area contributed by atoms with Crippen LogP contribution in [0.4, 0.5) is 15.8 Å². The number of benzene rings is 2. The van der Waals surface area contributed by atoms with E-state index in [1.54, 1.807) is 18.2 Å². The maximum Gasteiger partial charge on any atom is 0.262 e. The smallest absolute Gasteiger partial charge is 0.262 e. The van der Waals surface area contributed by atoms with Gasteiger partial charge in [0.1, 0.15) is 29.4 Å². The molecular formula is C45H43ClFN7O6. The van der Waals surface area contributed by atoms with Gasteiger partial charge in [0, 0.05) is 61.4 Å². The van der Waals surface area contributed by atoms with Crippen molar-refractivity contribution in [3.05, 3.63) is 92.8 Å². The molecule has 4 fully saturated rings. The summed E-state index contributed by atoms with van der Waals surface area (Å²) in [5, 5.41) is 2.52. The number of fused-ring (bicyclic) bond motifs is 2. The van der Waals surface area contributed by atoms with Crippen molar-refractivity contribution < 1.29 is 33.1 Å². The number of carbonyl (C=O) groups excluding carboxylic acids is 5. The number of pyridine rings is 1. The van der Waals surface area contributed by atoms with E-state index in [-0.39, 0.29) is 64.5 Å². The summed E-state index contributed by atoms with van der Waals surface area (Å²) in [7, 11) is 0. The Bertz CT molecular complexity index is 2490. The topological polar surface area (TPSA) is 137 Å². The lowest BCUT2D eigenvalue weighted by atomic mass is 9.49. The van der Waals surface area contributed by atoms with E-state index in [1.165, 1.54) is 6.07 Å². The largest absolute Gasteiger partial charge is 0.489 e. The SMILES string of the molecule is [C-]#[N+]c1ccc(OC2C(C)(C)C(N3Cc4nc(C#CC5CN(C6CCN(c7cc8c(cc7F)C(=O)N(C7CCC(=O)NC7=O)C8=O)CC6)C5)ccc4C3=O)C2(C)C)cc1Cl. The molecule has 1 saturated carbocycles. The minimum absolute atomic E-state index is 0.00941. The maximum absolute atomic E-state index is 15.5. The number of rotatable bonds is 6. The number of piperidine rings is 2. The molecule has 6 heterocycles. The highest BCUT2D eigenvalue weighted by molar-refractivity contribution is 6.33. The van der Waals surface area contributed by atoms with Crippen molar-refractivity contribution in [1.29, 1.82) is 0 Å². The van der Waals surface area contributed by atoms with Crippen molar-refractivity contribution >= 4 is 52.5 Å². The number of nitrogens with one attached hydrogen (secondary N) is 1. The molecule has 0 spiro atoms. The molecule has 0 bridgehead atoms. The van der Waals surface area contributed by atoms with Gasteiger partial charge in [0.15, 0.2) is 0 Å². The zero-order chi connectivity index (χ0) is 42.4. The third kappa shape index (κ3) is 6.39. The molecule has 3 aromatic rings. The molecule has 1 aliphatic carbocycles. The number of ether oxygens (including phenoxy) is 1. The van der Waals surface area contributed by atoms with Crippen molar-refractivity contribution in [2.75, 3.05) is 31.1 Å². The van der Waals surface area contributed by atoms with Gasteiger partial charge in [-0.25, -0.2) is 14.2 Å². The van der Waals surface area contributed by atoms with E-state index in [0.717, 1.165) is 36.9 Å². The number of nitrogens with zero attached hydrogens (tertiary/aromatic N) is 6. The third-order valence-electron chi connectivity index (χ3n) is 13.3. The molecule has 5 aliphatic heterocycles. The van der Waals surface area contributed by atoms with Gasteiger partial charge in [0.2, 0.25) is 17.5 Å². The number of imide groups is 2. The number of carbonyl (C=O) groups is 5. The van der Waals surface area contributed by atoms with Crippen molar-refractivity contribution in [3.8, 4) is 17.6 Å². The molecule has 60 heavy (non-hydrogen) atoms. The summed E-state index contributed by atoms with van der Waals surface area (Å²) >= 11 is 6.29. The highest BCUT2D eigenvalue weighted by atomic mass is 35.5. The predicted molar refractivity (Wildman–Crippen MR) is 218 cm³/mol. The summed E-state index contributed by atoms with van der Waals surface area (Å²) in [6.07, 6.45) is 1.41. The lowest BCUT2D eigenvalue weighted by Crippen LogP contribution is -2.74. The molecule has 9 rings (SSSR count). The molecular weight excluding hydrogens is 789 g/mol. The van der Waals surface area contributed by atoms with Crippen LogP contribution in [-0.2, 0) is 16.1 Å². The molecule has 3 saturated heterocycles. The normalized spacial score (nSPS) is 24.9. The fourth-order valence-corrected chi connectivity index (χ4v) is 11.0. The fraction of sp³-hybridized carbons (Fsp3) is 0.444. The molecule has 1 unspecified atom stereocenters. The zero-order valence-corrected chi connectivity index (χ0v) is 34.4. The first-order valence-electron chi connectivity index (χ1n) is 20.3. The molecule has 15 heteroatoms. The van der Waals surface area contributed by atoms with Crippen LogP contribution in [0.15, 0.2) is 42.5 Å². The standard InChI is InChI=1S/C45H43ClFN7O6/c1-44(2)42(45(3,4)43(44)60-27-9-11-33(48-5)31(46)18-27)53-23-34-28(39(53)57)10-8-25(49-34)7-6-24-21-52(22-24)26-14-16-51(17-15-26)36-20-30-29(19-32(36)47)40(58)54(41(30)59)35-12-13-37(55)50-38(35)56/h8-11,18-20,24,26,35,42-43H,12-17,21-23H2,1-4H3,(H,50,55,56). The quantitative estimate of drug-likeness (QED) is 0.191. The monoisotopic (exact) mass is 831 g/mol. The summed E-state index contributed by atoms with van der Waals surface area (Å²) in [6.45, 7) is 18.8. The second kappa shape index (κ2) is 14.4. The van der Waals surface area contributed by atoms with Crippen LogP contribution in [-0.4, -0.2) is 99.6 Å². The van der Waals surface area contributed by atoms with Gasteiger partial charge in [-0.3, -0.25) is 39.1 Å². The van der Waals surface area contributed by atoms with Crippen molar-refractivity contribution in [1.82, 2.24) is 25.0 Å². The highest BCUT2D eigenvalue weighted by Gasteiger charge is 2.67. The number of aromatic nitrogens is 1. The van der Waals surface area contributed by atoms with Crippen molar-refractivity contribution in [2.24, 2.45) is 16.7 Å². The van der Waals surface area contributed by atoms with E-state index in [0.29, 0.717) is 59.1 Å². The number of hydrogen-bond donors (Lipinski definition) is 1. The number of halogens is 2. The van der Waals surface area contributed by atoms with E-state index in [1.807, 2.05) is 21.9 Å². The van der Waals surface area contributed by atoms with E-state index in [9.17, 15) is 24.0 Å². The Morgan fingerprint density at radius 3 is 2.28 bits per heavy atom. The Morgan fingerprint density at radius 1 is 0.917 bits per heavy atom. The summed E-state index contributed by atoms with van der Waals surface area (Å²) in [6, 6.07) is 10.3. The molecule has 13 nitrogen and oxygen atoms in total. The van der Waals surface area contributed by atoms with Crippen LogP contribution in [0.5, 0.6) is 5.75 Å². The Hall–Kier alpha value is -5.83. The van der Waals surface area contributed by atoms with Gasteiger partial charge in [-0.05, 0) is 61.6 Å². The molecule has 1 N–H and O–H groups in total. The number of likely N-dealkylation sites (tertiary alicyclic amines) is 1. The molecule has 308 valence electrons. The van der Waals surface area contributed by atoms with Crippen LogP contribution < -0.4 is 15.0 Å². The van der Waals surface area contributed by atoms with E-state index in [4.69, 9.17) is 27.9 Å². The minimum atomic E-state index is -1.11. The first-order chi connectivity index (χ1) is 28.6. The lowest BCUT2D eigenvalue weighted by molar-refractivity contribution is -0.199. The van der Waals surface area contributed by atoms with Crippen LogP contribution in [0.3, 0.4) is 0 Å². The third-order valence-corrected chi connectivity index (χ3v) is 13.6. The van der Waals surface area contributed by atoms with E-state index < -0.39 is 35.5 Å².